The van der Waals surface area contributed by atoms with E-state index < -0.39 is 17.5 Å². The topological polar surface area (TPSA) is 80.2 Å². The van der Waals surface area contributed by atoms with E-state index in [-0.39, 0.29) is 6.61 Å². The van der Waals surface area contributed by atoms with Crippen LogP contribution in [-0.2, 0) is 10.3 Å². The van der Waals surface area contributed by atoms with Gasteiger partial charge in [-0.05, 0) is 43.2 Å². The van der Waals surface area contributed by atoms with Gasteiger partial charge in [0.05, 0.1) is 12.8 Å². The van der Waals surface area contributed by atoms with E-state index in [0.29, 0.717) is 29.2 Å². The fourth-order valence-electron chi connectivity index (χ4n) is 2.93. The first-order valence-corrected chi connectivity index (χ1v) is 9.09. The summed E-state index contributed by atoms with van der Waals surface area (Å²) in [7, 11) is 0. The Labute approximate surface area is 169 Å². The van der Waals surface area contributed by atoms with Crippen LogP contribution in [0.25, 0.3) is 0 Å². The molecule has 29 heavy (non-hydrogen) atoms. The number of hydrogen-bond donors (Lipinski definition) is 1. The van der Waals surface area contributed by atoms with E-state index in [1.54, 1.807) is 37.3 Å². The Balaban J connectivity index is 1.82. The van der Waals surface area contributed by atoms with Crippen LogP contribution in [0.5, 0.6) is 11.5 Å². The van der Waals surface area contributed by atoms with Gasteiger partial charge in [-0.2, -0.15) is 5.10 Å². The molecule has 1 heterocycles. The number of rotatable bonds is 7. The van der Waals surface area contributed by atoms with Gasteiger partial charge in [0.25, 0.3) is 5.91 Å². The van der Waals surface area contributed by atoms with Crippen molar-refractivity contribution in [1.82, 2.24) is 10.3 Å². The molecule has 2 aromatic rings. The second kappa shape index (κ2) is 8.48. The number of hydrazone groups is 1. The quantitative estimate of drug-likeness (QED) is 0.447. The molecule has 0 unspecified atom stereocenters. The second-order valence-electron chi connectivity index (χ2n) is 6.41. The Morgan fingerprint density at radius 3 is 2.62 bits per heavy atom. The number of ether oxygens (including phenoxy) is 2. The average molecular weight is 391 g/mol. The molecule has 3 amide bonds. The van der Waals surface area contributed by atoms with Crippen molar-refractivity contribution in [1.29, 1.82) is 0 Å². The SMILES string of the molecule is C#CCOc1ccc(/C=N\N2C(=O)N[C@](C)(c3ccccc3)C2=O)cc1OCC. The molecule has 1 aliphatic rings. The third-order valence-electron chi connectivity index (χ3n) is 4.42. The van der Waals surface area contributed by atoms with E-state index in [1.807, 2.05) is 25.1 Å². The van der Waals surface area contributed by atoms with E-state index in [2.05, 4.69) is 16.3 Å². The standard InChI is InChI=1S/C22H21N3O4/c1-4-13-29-18-12-11-16(14-19(18)28-5-2)15-23-25-20(26)22(3,24-21(25)27)17-9-7-6-8-10-17/h1,6-12,14-15H,5,13H2,2-3H3,(H,24,27)/b23-15-/t22-/m1/s1. The summed E-state index contributed by atoms with van der Waals surface area (Å²) in [5.74, 6) is 2.95. The number of carbonyl (C=O) groups excluding carboxylic acids is 2. The van der Waals surface area contributed by atoms with Crippen molar-refractivity contribution in [2.75, 3.05) is 13.2 Å². The molecule has 0 bridgehead atoms. The third kappa shape index (κ3) is 4.06. The summed E-state index contributed by atoms with van der Waals surface area (Å²) < 4.78 is 11.0. The van der Waals surface area contributed by atoms with Crippen LogP contribution >= 0.6 is 0 Å². The van der Waals surface area contributed by atoms with Crippen LogP contribution < -0.4 is 14.8 Å². The fraction of sp³-hybridized carbons (Fsp3) is 0.227. The highest BCUT2D eigenvalue weighted by Crippen LogP contribution is 2.30. The maximum Gasteiger partial charge on any atom is 0.346 e. The molecule has 2 aromatic carbocycles. The molecule has 7 nitrogen and oxygen atoms in total. The average Bonchev–Trinajstić information content (AvgIpc) is 2.95. The number of urea groups is 1. The van der Waals surface area contributed by atoms with Crippen molar-refractivity contribution in [3.63, 3.8) is 0 Å². The van der Waals surface area contributed by atoms with Crippen LogP contribution in [-0.4, -0.2) is 36.4 Å². The van der Waals surface area contributed by atoms with Gasteiger partial charge in [0.1, 0.15) is 12.1 Å². The van der Waals surface area contributed by atoms with Crippen LogP contribution in [0.15, 0.2) is 53.6 Å². The zero-order valence-electron chi connectivity index (χ0n) is 16.2. The van der Waals surface area contributed by atoms with Gasteiger partial charge in [0, 0.05) is 0 Å². The first-order chi connectivity index (χ1) is 14.0. The minimum Gasteiger partial charge on any atom is -0.490 e. The summed E-state index contributed by atoms with van der Waals surface area (Å²) in [6, 6.07) is 13.6. The van der Waals surface area contributed by atoms with Gasteiger partial charge in [-0.1, -0.05) is 36.3 Å². The lowest BCUT2D eigenvalue weighted by Gasteiger charge is -2.20. The van der Waals surface area contributed by atoms with Gasteiger partial charge in [0.2, 0.25) is 0 Å². The minimum absolute atomic E-state index is 0.119. The molecule has 148 valence electrons. The lowest BCUT2D eigenvalue weighted by molar-refractivity contribution is -0.131. The second-order valence-corrected chi connectivity index (χ2v) is 6.41. The van der Waals surface area contributed by atoms with Gasteiger partial charge < -0.3 is 14.8 Å². The molecule has 0 aromatic heterocycles. The number of nitrogens with zero attached hydrogens (tertiary/aromatic N) is 2. The predicted octanol–water partition coefficient (Wildman–Crippen LogP) is 2.90. The van der Waals surface area contributed by atoms with Crippen LogP contribution in [0.3, 0.4) is 0 Å². The van der Waals surface area contributed by atoms with Crippen LogP contribution in [0.1, 0.15) is 25.0 Å². The van der Waals surface area contributed by atoms with E-state index >= 15 is 0 Å². The Morgan fingerprint density at radius 2 is 1.93 bits per heavy atom. The molecular weight excluding hydrogens is 370 g/mol. The molecule has 1 atom stereocenters. The van der Waals surface area contributed by atoms with Crippen molar-refractivity contribution in [2.24, 2.45) is 5.10 Å². The lowest BCUT2D eigenvalue weighted by atomic mass is 9.92. The number of terminal acetylenes is 1. The molecular formula is C22H21N3O4. The zero-order chi connectivity index (χ0) is 20.9. The smallest absolute Gasteiger partial charge is 0.346 e. The predicted molar refractivity (Wildman–Crippen MR) is 109 cm³/mol. The van der Waals surface area contributed by atoms with Crippen LogP contribution in [0.4, 0.5) is 4.79 Å². The summed E-state index contributed by atoms with van der Waals surface area (Å²) in [4.78, 5) is 25.2. The van der Waals surface area contributed by atoms with Gasteiger partial charge >= 0.3 is 6.03 Å². The Bertz CT molecular complexity index is 981. The highest BCUT2D eigenvalue weighted by molar-refractivity contribution is 6.07. The van der Waals surface area contributed by atoms with Gasteiger partial charge in [-0.15, -0.1) is 11.4 Å². The molecule has 1 aliphatic heterocycles. The maximum atomic E-state index is 12.9. The summed E-state index contributed by atoms with van der Waals surface area (Å²) in [5, 5.41) is 7.62. The van der Waals surface area contributed by atoms with Gasteiger partial charge in [-0.25, -0.2) is 4.79 Å². The highest BCUT2D eigenvalue weighted by atomic mass is 16.5. The normalized spacial score (nSPS) is 18.6. The maximum absolute atomic E-state index is 12.9. The molecule has 0 spiro atoms. The molecule has 1 saturated heterocycles. The molecule has 7 heteroatoms. The van der Waals surface area contributed by atoms with Gasteiger partial charge in [0.15, 0.2) is 11.5 Å². The Morgan fingerprint density at radius 1 is 1.17 bits per heavy atom. The van der Waals surface area contributed by atoms with Crippen LogP contribution in [0, 0.1) is 12.3 Å². The van der Waals surface area contributed by atoms with Crippen molar-refractivity contribution in [2.45, 2.75) is 19.4 Å². The minimum atomic E-state index is -1.17. The number of imide groups is 1. The highest BCUT2D eigenvalue weighted by Gasteiger charge is 2.49. The first-order valence-electron chi connectivity index (χ1n) is 9.09. The molecule has 1 fully saturated rings. The monoisotopic (exact) mass is 391 g/mol. The first kappa shape index (κ1) is 20.0. The van der Waals surface area contributed by atoms with Gasteiger partial charge in [-0.3, -0.25) is 4.79 Å². The molecule has 0 radical (unpaired) electrons. The zero-order valence-corrected chi connectivity index (χ0v) is 16.2. The summed E-state index contributed by atoms with van der Waals surface area (Å²) in [6.07, 6.45) is 6.64. The van der Waals surface area contributed by atoms with E-state index in [0.717, 1.165) is 5.01 Å². The molecule has 0 saturated carbocycles. The Hall–Kier alpha value is -3.79. The number of amides is 3. The summed E-state index contributed by atoms with van der Waals surface area (Å²) in [6.45, 7) is 4.07. The van der Waals surface area contributed by atoms with E-state index in [1.165, 1.54) is 6.21 Å². The third-order valence-corrected chi connectivity index (χ3v) is 4.42. The van der Waals surface area contributed by atoms with Crippen molar-refractivity contribution >= 4 is 18.2 Å². The van der Waals surface area contributed by atoms with Crippen molar-refractivity contribution in [3.8, 4) is 23.8 Å². The number of nitrogens with one attached hydrogen (secondary N) is 1. The Kier molecular flexibility index (Phi) is 5.84. The molecule has 1 N–H and O–H groups in total. The number of hydrogen-bond acceptors (Lipinski definition) is 5. The van der Waals surface area contributed by atoms with Crippen molar-refractivity contribution in [3.05, 3.63) is 59.7 Å². The number of benzene rings is 2. The fourth-order valence-corrected chi connectivity index (χ4v) is 2.93. The van der Waals surface area contributed by atoms with E-state index in [9.17, 15) is 9.59 Å². The molecule has 3 rings (SSSR count). The number of carbonyl (C=O) groups is 2. The largest absolute Gasteiger partial charge is 0.490 e. The lowest BCUT2D eigenvalue weighted by Crippen LogP contribution is -2.40. The summed E-state index contributed by atoms with van der Waals surface area (Å²) in [5.41, 5.74) is 0.152. The van der Waals surface area contributed by atoms with Crippen molar-refractivity contribution < 1.29 is 19.1 Å². The van der Waals surface area contributed by atoms with E-state index in [4.69, 9.17) is 15.9 Å². The molecule has 0 aliphatic carbocycles. The van der Waals surface area contributed by atoms with Crippen LogP contribution in [0.2, 0.25) is 0 Å². The summed E-state index contributed by atoms with van der Waals surface area (Å²) >= 11 is 0.